The number of nitrogens with one attached hydrogen (secondary N) is 1. The Kier molecular flexibility index (Phi) is 8.52. The lowest BCUT2D eigenvalue weighted by Gasteiger charge is -2.34. The van der Waals surface area contributed by atoms with Crippen LogP contribution in [0.2, 0.25) is 0 Å². The van der Waals surface area contributed by atoms with Crippen molar-refractivity contribution in [1.29, 1.82) is 0 Å². The van der Waals surface area contributed by atoms with E-state index >= 15 is 0 Å². The fourth-order valence-electron chi connectivity index (χ4n) is 4.27. The van der Waals surface area contributed by atoms with E-state index < -0.39 is 0 Å². The number of fused-ring (bicyclic) bond motifs is 1. The molecular formula is C24H33N7O5. The van der Waals surface area contributed by atoms with Gasteiger partial charge in [-0.05, 0) is 11.1 Å². The molecule has 36 heavy (non-hydrogen) atoms. The Morgan fingerprint density at radius 2 is 1.81 bits per heavy atom. The number of hydrogen-bond acceptors (Lipinski definition) is 10. The van der Waals surface area contributed by atoms with Gasteiger partial charge in [0.25, 0.3) is 0 Å². The van der Waals surface area contributed by atoms with Crippen molar-refractivity contribution in [2.24, 2.45) is 0 Å². The number of nitrogens with two attached hydrogens (primary N) is 1. The quantitative estimate of drug-likeness (QED) is 0.279. The van der Waals surface area contributed by atoms with Crippen LogP contribution in [-0.2, 0) is 33.8 Å². The summed E-state index contributed by atoms with van der Waals surface area (Å²) in [7, 11) is 2.98. The first-order chi connectivity index (χ1) is 17.5. The molecule has 0 amide bonds. The first kappa shape index (κ1) is 25.6. The second-order valence-corrected chi connectivity index (χ2v) is 8.70. The summed E-state index contributed by atoms with van der Waals surface area (Å²) in [5.74, 6) is -0.0633. The lowest BCUT2D eigenvalue weighted by Crippen LogP contribution is -2.47. The summed E-state index contributed by atoms with van der Waals surface area (Å²) in [6.07, 6.45) is 0.280. The van der Waals surface area contributed by atoms with Crippen LogP contribution < -0.4 is 16.2 Å². The molecule has 1 saturated heterocycles. The zero-order chi connectivity index (χ0) is 25.5. The molecule has 194 valence electrons. The van der Waals surface area contributed by atoms with Gasteiger partial charge in [-0.25, -0.2) is 4.79 Å². The predicted octanol–water partition coefficient (Wildman–Crippen LogP) is 0.260. The first-order valence-electron chi connectivity index (χ1n) is 11.9. The number of nitrogen functional groups attached to an aromatic ring is 1. The van der Waals surface area contributed by atoms with E-state index in [2.05, 4.69) is 36.9 Å². The van der Waals surface area contributed by atoms with Crippen molar-refractivity contribution < 1.29 is 19.0 Å². The van der Waals surface area contributed by atoms with E-state index in [9.17, 15) is 9.59 Å². The fraction of sp³-hybridized carbons (Fsp3) is 0.500. The highest BCUT2D eigenvalue weighted by Gasteiger charge is 2.19. The van der Waals surface area contributed by atoms with Crippen LogP contribution in [0.4, 0.5) is 5.82 Å². The van der Waals surface area contributed by atoms with Gasteiger partial charge in [0.2, 0.25) is 0 Å². The molecule has 3 heterocycles. The van der Waals surface area contributed by atoms with E-state index in [0.29, 0.717) is 30.9 Å². The molecule has 1 aliphatic rings. The number of nitrogens with zero attached hydrogens (tertiary/aromatic N) is 5. The van der Waals surface area contributed by atoms with E-state index in [4.69, 9.17) is 19.9 Å². The molecule has 0 atom stereocenters. The van der Waals surface area contributed by atoms with Crippen LogP contribution in [0, 0.1) is 0 Å². The van der Waals surface area contributed by atoms with Gasteiger partial charge in [0.1, 0.15) is 12.1 Å². The Labute approximate surface area is 209 Å². The zero-order valence-electron chi connectivity index (χ0n) is 20.7. The number of aromatic amines is 1. The van der Waals surface area contributed by atoms with Crippen molar-refractivity contribution in [3.63, 3.8) is 0 Å². The lowest BCUT2D eigenvalue weighted by molar-refractivity contribution is -0.139. The number of anilines is 1. The number of esters is 1. The van der Waals surface area contributed by atoms with Crippen LogP contribution >= 0.6 is 0 Å². The second-order valence-electron chi connectivity index (χ2n) is 8.70. The van der Waals surface area contributed by atoms with Gasteiger partial charge in [-0.3, -0.25) is 19.2 Å². The average Bonchev–Trinajstić information content (AvgIpc) is 3.19. The monoisotopic (exact) mass is 499 g/mol. The van der Waals surface area contributed by atoms with Crippen molar-refractivity contribution in [2.45, 2.75) is 19.5 Å². The number of rotatable bonds is 11. The van der Waals surface area contributed by atoms with Gasteiger partial charge in [-0.15, -0.1) is 0 Å². The minimum atomic E-state index is -0.273. The number of imidazole rings is 1. The molecule has 12 nitrogen and oxygen atoms in total. The van der Waals surface area contributed by atoms with E-state index in [0.717, 1.165) is 38.3 Å². The van der Waals surface area contributed by atoms with E-state index in [1.807, 2.05) is 12.1 Å². The van der Waals surface area contributed by atoms with Gasteiger partial charge >= 0.3 is 17.7 Å². The molecule has 1 aromatic carbocycles. The minimum Gasteiger partial charge on any atom is -0.469 e. The Balaban J connectivity index is 1.32. The normalized spacial score (nSPS) is 14.8. The lowest BCUT2D eigenvalue weighted by atomic mass is 10.1. The van der Waals surface area contributed by atoms with Crippen LogP contribution in [0.15, 0.2) is 29.1 Å². The van der Waals surface area contributed by atoms with Crippen LogP contribution in [0.5, 0.6) is 6.01 Å². The third-order valence-electron chi connectivity index (χ3n) is 6.23. The Morgan fingerprint density at radius 1 is 1.06 bits per heavy atom. The molecule has 0 saturated carbocycles. The number of carbonyl (C=O) groups excluding carboxylic acids is 1. The van der Waals surface area contributed by atoms with Gasteiger partial charge in [-0.2, -0.15) is 9.97 Å². The Morgan fingerprint density at radius 3 is 2.56 bits per heavy atom. The number of ether oxygens (including phenoxy) is 3. The largest absolute Gasteiger partial charge is 0.469 e. The van der Waals surface area contributed by atoms with Crippen molar-refractivity contribution >= 4 is 23.0 Å². The molecule has 1 aliphatic heterocycles. The summed E-state index contributed by atoms with van der Waals surface area (Å²) in [5, 5.41) is 0. The molecule has 0 unspecified atom stereocenters. The molecule has 0 radical (unpaired) electrons. The van der Waals surface area contributed by atoms with Crippen LogP contribution in [0.1, 0.15) is 11.1 Å². The Bertz CT molecular complexity index is 1230. The molecule has 4 rings (SSSR count). The maximum atomic E-state index is 12.6. The van der Waals surface area contributed by atoms with Gasteiger partial charge in [-0.1, -0.05) is 24.3 Å². The molecule has 0 bridgehead atoms. The molecule has 3 N–H and O–H groups in total. The van der Waals surface area contributed by atoms with Crippen molar-refractivity contribution in [3.05, 3.63) is 45.9 Å². The number of methoxy groups -OCH3 is 2. The van der Waals surface area contributed by atoms with E-state index in [1.54, 1.807) is 11.7 Å². The third-order valence-corrected chi connectivity index (χ3v) is 6.23. The van der Waals surface area contributed by atoms with Crippen LogP contribution in [0.3, 0.4) is 0 Å². The molecule has 2 aromatic heterocycles. The number of piperazine rings is 1. The van der Waals surface area contributed by atoms with Crippen LogP contribution in [0.25, 0.3) is 11.2 Å². The summed E-state index contributed by atoms with van der Waals surface area (Å²) in [6.45, 7) is 6.30. The van der Waals surface area contributed by atoms with Crippen molar-refractivity contribution in [3.8, 4) is 6.01 Å². The summed E-state index contributed by atoms with van der Waals surface area (Å²) in [6, 6.07) is 8.19. The summed E-state index contributed by atoms with van der Waals surface area (Å²) in [4.78, 5) is 40.1. The maximum absolute atomic E-state index is 12.6. The first-order valence-corrected chi connectivity index (χ1v) is 11.9. The smallest absolute Gasteiger partial charge is 0.327 e. The number of H-pyrrole nitrogens is 1. The molecule has 3 aromatic rings. The molecule has 1 fully saturated rings. The van der Waals surface area contributed by atoms with Crippen molar-refractivity contribution in [1.82, 2.24) is 29.3 Å². The van der Waals surface area contributed by atoms with Gasteiger partial charge in [0, 0.05) is 52.9 Å². The second kappa shape index (κ2) is 12.0. The maximum Gasteiger partial charge on any atom is 0.327 e. The zero-order valence-corrected chi connectivity index (χ0v) is 20.7. The topological polar surface area (TPSA) is 141 Å². The minimum absolute atomic E-state index is 0.120. The van der Waals surface area contributed by atoms with Gasteiger partial charge < -0.3 is 24.9 Å². The predicted molar refractivity (Wildman–Crippen MR) is 134 cm³/mol. The summed E-state index contributed by atoms with van der Waals surface area (Å²) in [5.41, 5.74) is 8.73. The summed E-state index contributed by atoms with van der Waals surface area (Å²) < 4.78 is 16.8. The number of aromatic nitrogens is 4. The molecule has 12 heteroatoms. The van der Waals surface area contributed by atoms with E-state index in [-0.39, 0.29) is 36.5 Å². The standard InChI is InChI=1S/C24H33N7O5/c1-34-12-13-36-23-27-21(25)20-22(28-23)31(24(33)26-20)11-10-29-6-8-30(9-7-29)16-18-5-3-4-17(14-18)15-19(32)35-2/h3-5,14H,6-13,15-16H2,1-2H3,(H,26,33)(H2,25,27,28). The summed E-state index contributed by atoms with van der Waals surface area (Å²) >= 11 is 0. The van der Waals surface area contributed by atoms with Crippen molar-refractivity contribution in [2.75, 3.05) is 65.9 Å². The SMILES string of the molecule is COCCOc1nc(N)c2[nH]c(=O)n(CCN3CCN(Cc4cccc(CC(=O)OC)c4)CC3)c2n1. The highest BCUT2D eigenvalue weighted by Crippen LogP contribution is 2.18. The number of benzene rings is 1. The fourth-order valence-corrected chi connectivity index (χ4v) is 4.27. The van der Waals surface area contributed by atoms with Gasteiger partial charge in [0.05, 0.1) is 20.1 Å². The number of hydrogen-bond donors (Lipinski definition) is 2. The van der Waals surface area contributed by atoms with Gasteiger partial charge in [0.15, 0.2) is 11.5 Å². The highest BCUT2D eigenvalue weighted by molar-refractivity contribution is 5.81. The average molecular weight is 500 g/mol. The molecule has 0 aliphatic carbocycles. The number of carbonyl (C=O) groups is 1. The molecule has 0 spiro atoms. The Hall–Kier alpha value is -3.48. The molecular weight excluding hydrogens is 466 g/mol. The highest BCUT2D eigenvalue weighted by atomic mass is 16.5. The van der Waals surface area contributed by atoms with Crippen LogP contribution in [-0.4, -0.2) is 95.4 Å². The third kappa shape index (κ3) is 6.39. The van der Waals surface area contributed by atoms with E-state index in [1.165, 1.54) is 12.7 Å².